The number of piperidine rings is 2. The van der Waals surface area contributed by atoms with Crippen molar-refractivity contribution >= 4 is 5.91 Å². The molecule has 1 N–H and O–H groups in total. The monoisotopic (exact) mass is 322 g/mol. The van der Waals surface area contributed by atoms with Crippen LogP contribution in [0.3, 0.4) is 0 Å². The lowest BCUT2D eigenvalue weighted by molar-refractivity contribution is -0.141. The van der Waals surface area contributed by atoms with E-state index in [9.17, 15) is 9.90 Å². The van der Waals surface area contributed by atoms with E-state index in [1.165, 1.54) is 25.7 Å². The minimum absolute atomic E-state index is 0.0432. The minimum atomic E-state index is -0.0432. The zero-order valence-electron chi connectivity index (χ0n) is 14.8. The molecule has 3 aliphatic rings. The quantitative estimate of drug-likeness (QED) is 0.865. The second kappa shape index (κ2) is 7.52. The molecule has 2 heterocycles. The van der Waals surface area contributed by atoms with Crippen LogP contribution < -0.4 is 0 Å². The van der Waals surface area contributed by atoms with Gasteiger partial charge < -0.3 is 14.9 Å². The maximum absolute atomic E-state index is 12.9. The summed E-state index contributed by atoms with van der Waals surface area (Å²) in [5.41, 5.74) is -0.0432. The smallest absolute Gasteiger partial charge is 0.225 e. The van der Waals surface area contributed by atoms with Crippen LogP contribution in [0.2, 0.25) is 0 Å². The van der Waals surface area contributed by atoms with E-state index in [1.54, 1.807) is 0 Å². The first-order valence-corrected chi connectivity index (χ1v) is 9.81. The van der Waals surface area contributed by atoms with E-state index in [1.807, 2.05) is 0 Å². The third kappa shape index (κ3) is 3.74. The van der Waals surface area contributed by atoms with E-state index < -0.39 is 0 Å². The molecule has 23 heavy (non-hydrogen) atoms. The van der Waals surface area contributed by atoms with Gasteiger partial charge in [-0.15, -0.1) is 0 Å². The molecule has 0 unspecified atom stereocenters. The van der Waals surface area contributed by atoms with Gasteiger partial charge in [0, 0.05) is 30.5 Å². The zero-order valence-corrected chi connectivity index (χ0v) is 14.8. The number of aliphatic hydroxyl groups is 1. The molecule has 1 saturated carbocycles. The Labute approximate surface area is 141 Å². The largest absolute Gasteiger partial charge is 0.396 e. The number of hydrogen-bond donors (Lipinski definition) is 1. The standard InChI is InChI=1S/C19H34N2O2/c1-2-19(15-22)10-5-11-21(14-19)18(23)16-8-12-20(13-9-16)17-6-3-4-7-17/h16-17,22H,2-15H2,1H3/t19-/m1/s1. The normalized spacial score (nSPS) is 31.7. The number of carbonyl (C=O) groups excluding carboxylic acids is 1. The summed E-state index contributed by atoms with van der Waals surface area (Å²) in [4.78, 5) is 17.6. The van der Waals surface area contributed by atoms with Crippen molar-refractivity contribution in [3.05, 3.63) is 0 Å². The predicted molar refractivity (Wildman–Crippen MR) is 92.2 cm³/mol. The SMILES string of the molecule is CC[C@@]1(CO)CCCN(C(=O)C2CCN(C3CCCC3)CC2)C1. The third-order valence-corrected chi connectivity index (χ3v) is 6.78. The zero-order chi connectivity index (χ0) is 16.3. The molecule has 1 atom stereocenters. The third-order valence-electron chi connectivity index (χ3n) is 6.78. The van der Waals surface area contributed by atoms with Crippen molar-refractivity contribution in [1.29, 1.82) is 0 Å². The second-order valence-corrected chi connectivity index (χ2v) is 8.12. The first-order valence-electron chi connectivity index (χ1n) is 9.81. The highest BCUT2D eigenvalue weighted by Crippen LogP contribution is 2.35. The Balaban J connectivity index is 1.52. The average molecular weight is 322 g/mol. The first-order chi connectivity index (χ1) is 11.2. The Kier molecular flexibility index (Phi) is 5.63. The van der Waals surface area contributed by atoms with Crippen molar-refractivity contribution in [2.75, 3.05) is 32.8 Å². The maximum Gasteiger partial charge on any atom is 0.225 e. The molecule has 1 amide bonds. The Hall–Kier alpha value is -0.610. The number of carbonyl (C=O) groups is 1. The van der Waals surface area contributed by atoms with Crippen LogP contribution in [0, 0.1) is 11.3 Å². The molecule has 2 aliphatic heterocycles. The number of hydrogen-bond acceptors (Lipinski definition) is 3. The lowest BCUT2D eigenvalue weighted by Crippen LogP contribution is -2.51. The van der Waals surface area contributed by atoms with Gasteiger partial charge in [-0.25, -0.2) is 0 Å². The van der Waals surface area contributed by atoms with Gasteiger partial charge >= 0.3 is 0 Å². The molecule has 0 spiro atoms. The van der Waals surface area contributed by atoms with Crippen LogP contribution in [-0.4, -0.2) is 59.6 Å². The van der Waals surface area contributed by atoms with Crippen LogP contribution in [0.25, 0.3) is 0 Å². The molecule has 0 radical (unpaired) electrons. The number of aliphatic hydroxyl groups excluding tert-OH is 1. The fourth-order valence-corrected chi connectivity index (χ4v) is 4.96. The van der Waals surface area contributed by atoms with E-state index >= 15 is 0 Å². The number of likely N-dealkylation sites (tertiary alicyclic amines) is 2. The molecule has 1 aliphatic carbocycles. The van der Waals surface area contributed by atoms with Crippen molar-refractivity contribution in [1.82, 2.24) is 9.80 Å². The highest BCUT2D eigenvalue weighted by molar-refractivity contribution is 5.79. The Bertz CT molecular complexity index is 394. The minimum Gasteiger partial charge on any atom is -0.396 e. The molecule has 132 valence electrons. The van der Waals surface area contributed by atoms with Crippen molar-refractivity contribution in [2.45, 2.75) is 70.8 Å². The fourth-order valence-electron chi connectivity index (χ4n) is 4.96. The van der Waals surface area contributed by atoms with Crippen LogP contribution in [-0.2, 0) is 4.79 Å². The summed E-state index contributed by atoms with van der Waals surface area (Å²) in [5.74, 6) is 0.584. The van der Waals surface area contributed by atoms with Gasteiger partial charge in [0.25, 0.3) is 0 Å². The van der Waals surface area contributed by atoms with Gasteiger partial charge in [-0.05, 0) is 58.0 Å². The second-order valence-electron chi connectivity index (χ2n) is 8.12. The molecule has 0 aromatic heterocycles. The van der Waals surface area contributed by atoms with Crippen molar-refractivity contribution in [3.63, 3.8) is 0 Å². The van der Waals surface area contributed by atoms with Gasteiger partial charge in [-0.3, -0.25) is 4.79 Å². The molecule has 3 rings (SSSR count). The van der Waals surface area contributed by atoms with E-state index in [-0.39, 0.29) is 17.9 Å². The molecule has 0 bridgehead atoms. The first kappa shape index (κ1) is 17.2. The summed E-state index contributed by atoms with van der Waals surface area (Å²) >= 11 is 0. The number of rotatable bonds is 4. The molecule has 2 saturated heterocycles. The van der Waals surface area contributed by atoms with E-state index in [2.05, 4.69) is 16.7 Å². The summed E-state index contributed by atoms with van der Waals surface area (Å²) < 4.78 is 0. The van der Waals surface area contributed by atoms with Gasteiger partial charge in [-0.2, -0.15) is 0 Å². The van der Waals surface area contributed by atoms with E-state index in [4.69, 9.17) is 0 Å². The van der Waals surface area contributed by atoms with Crippen molar-refractivity contribution in [2.24, 2.45) is 11.3 Å². The van der Waals surface area contributed by atoms with E-state index in [0.29, 0.717) is 5.91 Å². The van der Waals surface area contributed by atoms with Crippen LogP contribution in [0.5, 0.6) is 0 Å². The highest BCUT2D eigenvalue weighted by atomic mass is 16.3. The average Bonchev–Trinajstić information content (AvgIpc) is 3.16. The van der Waals surface area contributed by atoms with Crippen molar-refractivity contribution in [3.8, 4) is 0 Å². The topological polar surface area (TPSA) is 43.8 Å². The molecule has 4 heteroatoms. The van der Waals surface area contributed by atoms with Gasteiger partial charge in [0.2, 0.25) is 5.91 Å². The summed E-state index contributed by atoms with van der Waals surface area (Å²) in [6.45, 7) is 6.23. The molecule has 3 fully saturated rings. The summed E-state index contributed by atoms with van der Waals surface area (Å²) in [6, 6.07) is 0.795. The van der Waals surface area contributed by atoms with Gasteiger partial charge in [0.05, 0.1) is 6.61 Å². The van der Waals surface area contributed by atoms with Gasteiger partial charge in [0.15, 0.2) is 0 Å². The van der Waals surface area contributed by atoms with Crippen molar-refractivity contribution < 1.29 is 9.90 Å². The molecular formula is C19H34N2O2. The Morgan fingerprint density at radius 1 is 1.09 bits per heavy atom. The Morgan fingerprint density at radius 3 is 2.39 bits per heavy atom. The maximum atomic E-state index is 12.9. The van der Waals surface area contributed by atoms with Gasteiger partial charge in [0.1, 0.15) is 0 Å². The molecule has 0 aromatic carbocycles. The number of amides is 1. The van der Waals surface area contributed by atoms with Crippen LogP contribution >= 0.6 is 0 Å². The summed E-state index contributed by atoms with van der Waals surface area (Å²) in [7, 11) is 0. The summed E-state index contributed by atoms with van der Waals surface area (Å²) in [6.07, 6.45) is 10.6. The molecular weight excluding hydrogens is 288 g/mol. The predicted octanol–water partition coefficient (Wildman–Crippen LogP) is 2.65. The molecule has 0 aromatic rings. The number of nitrogens with zero attached hydrogens (tertiary/aromatic N) is 2. The van der Waals surface area contributed by atoms with Gasteiger partial charge in [-0.1, -0.05) is 19.8 Å². The lowest BCUT2D eigenvalue weighted by Gasteiger charge is -2.43. The lowest BCUT2D eigenvalue weighted by atomic mass is 9.78. The fraction of sp³-hybridized carbons (Fsp3) is 0.947. The highest BCUT2D eigenvalue weighted by Gasteiger charge is 2.38. The summed E-state index contributed by atoms with van der Waals surface area (Å²) in [5, 5.41) is 9.76. The van der Waals surface area contributed by atoms with Crippen LogP contribution in [0.4, 0.5) is 0 Å². The van der Waals surface area contributed by atoms with Crippen LogP contribution in [0.1, 0.15) is 64.7 Å². The van der Waals surface area contributed by atoms with E-state index in [0.717, 1.165) is 64.3 Å². The Morgan fingerprint density at radius 2 is 1.78 bits per heavy atom. The van der Waals surface area contributed by atoms with Crippen LogP contribution in [0.15, 0.2) is 0 Å². The molecule has 4 nitrogen and oxygen atoms in total.